The first kappa shape index (κ1) is 21.8. The summed E-state index contributed by atoms with van der Waals surface area (Å²) in [6, 6.07) is 13.7. The van der Waals surface area contributed by atoms with Gasteiger partial charge in [-0.2, -0.15) is 10.1 Å². The number of benzene rings is 1. The van der Waals surface area contributed by atoms with Crippen molar-refractivity contribution in [2.75, 3.05) is 13.1 Å². The van der Waals surface area contributed by atoms with Gasteiger partial charge in [0.1, 0.15) is 6.10 Å². The average Bonchev–Trinajstić information content (AvgIpc) is 3.46. The van der Waals surface area contributed by atoms with Crippen LogP contribution in [0, 0.1) is 0 Å². The summed E-state index contributed by atoms with van der Waals surface area (Å²) in [6.07, 6.45) is 3.76. The van der Waals surface area contributed by atoms with Crippen LogP contribution in [-0.2, 0) is 17.7 Å². The van der Waals surface area contributed by atoms with Crippen LogP contribution >= 0.6 is 0 Å². The van der Waals surface area contributed by atoms with Gasteiger partial charge in [0.15, 0.2) is 5.82 Å². The maximum absolute atomic E-state index is 10.6. The van der Waals surface area contributed by atoms with Gasteiger partial charge in [-0.1, -0.05) is 48.8 Å². The van der Waals surface area contributed by atoms with E-state index in [9.17, 15) is 4.79 Å². The number of hydrogen-bond donors (Lipinski definition) is 1. The third kappa shape index (κ3) is 4.53. The number of likely N-dealkylation sites (tertiary alicyclic amines) is 1. The van der Waals surface area contributed by atoms with E-state index in [-0.39, 0.29) is 6.10 Å². The minimum absolute atomic E-state index is 0.242. The average molecular weight is 460 g/mol. The molecule has 4 heterocycles. The second-order valence-electron chi connectivity index (χ2n) is 8.17. The van der Waals surface area contributed by atoms with Crippen LogP contribution in [0.15, 0.2) is 59.4 Å². The van der Waals surface area contributed by atoms with E-state index in [1.165, 1.54) is 0 Å². The molecule has 174 valence electrons. The van der Waals surface area contributed by atoms with Crippen molar-refractivity contribution in [3.63, 3.8) is 0 Å². The molecule has 3 aromatic heterocycles. The highest BCUT2D eigenvalue weighted by Crippen LogP contribution is 2.28. The van der Waals surface area contributed by atoms with Crippen LogP contribution in [0.25, 0.3) is 28.7 Å². The minimum atomic E-state index is -1.22. The first-order valence-electron chi connectivity index (χ1n) is 11.1. The summed E-state index contributed by atoms with van der Waals surface area (Å²) in [5.41, 5.74) is 3.75. The van der Waals surface area contributed by atoms with Crippen LogP contribution in [-0.4, -0.2) is 60.3 Å². The van der Waals surface area contributed by atoms with Gasteiger partial charge in [-0.3, -0.25) is 4.90 Å². The smallest absolute Gasteiger partial charge is 0.450 e. The topological polar surface area (TPSA) is 119 Å². The molecule has 0 saturated carbocycles. The number of pyridine rings is 1. The molecule has 34 heavy (non-hydrogen) atoms. The summed E-state index contributed by atoms with van der Waals surface area (Å²) in [5, 5.41) is 17.4. The van der Waals surface area contributed by atoms with Gasteiger partial charge in [0.2, 0.25) is 5.82 Å². The first-order valence-corrected chi connectivity index (χ1v) is 11.1. The molecule has 0 unspecified atom stereocenters. The summed E-state index contributed by atoms with van der Waals surface area (Å²) in [4.78, 5) is 21.7. The number of ether oxygens (including phenoxy) is 1. The van der Waals surface area contributed by atoms with Gasteiger partial charge in [-0.25, -0.2) is 14.5 Å². The maximum atomic E-state index is 10.6. The molecule has 5 rings (SSSR count). The standard InChI is InChI=1S/C24H24N6O4/c1-2-5-20-19(12-26-30(20)21-6-3-4-11-25-21)23-27-22(28-34-23)17-9-7-16(8-10-17)13-29-14-18(15-29)33-24(31)32/h3-4,6-12,18H,2,5,13-15H2,1H3,(H,31,32). The quantitative estimate of drug-likeness (QED) is 0.391. The Morgan fingerprint density at radius 2 is 2.03 bits per heavy atom. The molecule has 4 aromatic rings. The third-order valence-electron chi connectivity index (χ3n) is 5.69. The zero-order valence-corrected chi connectivity index (χ0v) is 18.7. The fraction of sp³-hybridized carbons (Fsp3) is 0.292. The number of carboxylic acid groups (broad SMARTS) is 1. The predicted octanol–water partition coefficient (Wildman–Crippen LogP) is 3.82. The molecular weight excluding hydrogens is 436 g/mol. The van der Waals surface area contributed by atoms with Gasteiger partial charge >= 0.3 is 6.16 Å². The molecule has 0 amide bonds. The van der Waals surface area contributed by atoms with Gasteiger partial charge in [0.25, 0.3) is 5.89 Å². The normalized spacial score (nSPS) is 14.1. The predicted molar refractivity (Wildman–Crippen MR) is 122 cm³/mol. The Labute approximate surface area is 195 Å². The van der Waals surface area contributed by atoms with E-state index in [2.05, 4.69) is 32.0 Å². The molecule has 0 aliphatic carbocycles. The van der Waals surface area contributed by atoms with Crippen molar-refractivity contribution >= 4 is 6.16 Å². The van der Waals surface area contributed by atoms with Gasteiger partial charge in [-0.05, 0) is 24.1 Å². The lowest BCUT2D eigenvalue weighted by atomic mass is 10.1. The molecule has 1 fully saturated rings. The Kier molecular flexibility index (Phi) is 6.05. The van der Waals surface area contributed by atoms with Crippen molar-refractivity contribution in [1.82, 2.24) is 29.8 Å². The summed E-state index contributed by atoms with van der Waals surface area (Å²) in [6.45, 7) is 4.05. The Balaban J connectivity index is 1.30. The number of nitrogens with zero attached hydrogens (tertiary/aromatic N) is 6. The van der Waals surface area contributed by atoms with E-state index in [1.54, 1.807) is 12.4 Å². The Hall–Kier alpha value is -4.05. The molecule has 0 radical (unpaired) electrons. The second-order valence-corrected chi connectivity index (χ2v) is 8.17. The Morgan fingerprint density at radius 3 is 2.74 bits per heavy atom. The van der Waals surface area contributed by atoms with Gasteiger partial charge in [0, 0.05) is 31.4 Å². The highest BCUT2D eigenvalue weighted by Gasteiger charge is 2.29. The molecule has 0 bridgehead atoms. The van der Waals surface area contributed by atoms with E-state index in [1.807, 2.05) is 47.1 Å². The molecule has 1 saturated heterocycles. The lowest BCUT2D eigenvalue weighted by Gasteiger charge is -2.37. The minimum Gasteiger partial charge on any atom is -0.450 e. The molecule has 10 nitrogen and oxygen atoms in total. The molecule has 0 spiro atoms. The van der Waals surface area contributed by atoms with Crippen molar-refractivity contribution in [2.45, 2.75) is 32.4 Å². The second kappa shape index (κ2) is 9.44. The van der Waals surface area contributed by atoms with Crippen molar-refractivity contribution in [2.24, 2.45) is 0 Å². The fourth-order valence-corrected chi connectivity index (χ4v) is 4.04. The van der Waals surface area contributed by atoms with E-state index in [0.717, 1.165) is 47.6 Å². The van der Waals surface area contributed by atoms with Gasteiger partial charge in [-0.15, -0.1) is 0 Å². The maximum Gasteiger partial charge on any atom is 0.506 e. The molecular formula is C24H24N6O4. The SMILES string of the molecule is CCCc1c(-c2nc(-c3ccc(CN4CC(OC(=O)O)C4)cc3)no2)cnn1-c1ccccn1. The van der Waals surface area contributed by atoms with E-state index < -0.39 is 6.16 Å². The largest absolute Gasteiger partial charge is 0.506 e. The monoisotopic (exact) mass is 460 g/mol. The summed E-state index contributed by atoms with van der Waals surface area (Å²) in [5.74, 6) is 1.68. The van der Waals surface area contributed by atoms with E-state index >= 15 is 0 Å². The first-order chi connectivity index (χ1) is 16.6. The number of rotatable bonds is 8. The zero-order chi connectivity index (χ0) is 23.5. The fourth-order valence-electron chi connectivity index (χ4n) is 4.04. The van der Waals surface area contributed by atoms with Crippen molar-refractivity contribution in [3.8, 4) is 28.7 Å². The number of aromatic nitrogens is 5. The van der Waals surface area contributed by atoms with Crippen molar-refractivity contribution in [3.05, 3.63) is 66.1 Å². The van der Waals surface area contributed by atoms with Crippen LogP contribution < -0.4 is 0 Å². The van der Waals surface area contributed by atoms with Crippen LogP contribution in [0.3, 0.4) is 0 Å². The molecule has 10 heteroatoms. The number of hydrogen-bond acceptors (Lipinski definition) is 8. The third-order valence-corrected chi connectivity index (χ3v) is 5.69. The van der Waals surface area contributed by atoms with Crippen LogP contribution in [0.4, 0.5) is 4.79 Å². The number of carbonyl (C=O) groups is 1. The van der Waals surface area contributed by atoms with Crippen molar-refractivity contribution in [1.29, 1.82) is 0 Å². The van der Waals surface area contributed by atoms with Gasteiger partial charge in [0.05, 0.1) is 17.5 Å². The van der Waals surface area contributed by atoms with Crippen LogP contribution in [0.2, 0.25) is 0 Å². The highest BCUT2D eigenvalue weighted by molar-refractivity contribution is 5.62. The lowest BCUT2D eigenvalue weighted by Crippen LogP contribution is -2.52. The summed E-state index contributed by atoms with van der Waals surface area (Å²) in [7, 11) is 0. The van der Waals surface area contributed by atoms with E-state index in [0.29, 0.717) is 24.8 Å². The summed E-state index contributed by atoms with van der Waals surface area (Å²) >= 11 is 0. The molecule has 1 aliphatic rings. The molecule has 1 aromatic carbocycles. The lowest BCUT2D eigenvalue weighted by molar-refractivity contribution is -0.0363. The van der Waals surface area contributed by atoms with Gasteiger partial charge < -0.3 is 14.4 Å². The Morgan fingerprint density at radius 1 is 1.21 bits per heavy atom. The van der Waals surface area contributed by atoms with Crippen molar-refractivity contribution < 1.29 is 19.2 Å². The Bertz CT molecular complexity index is 1260. The molecule has 1 aliphatic heterocycles. The molecule has 1 N–H and O–H groups in total. The molecule has 0 atom stereocenters. The highest BCUT2D eigenvalue weighted by atomic mass is 16.7. The van der Waals surface area contributed by atoms with Crippen LogP contribution in [0.1, 0.15) is 24.6 Å². The van der Waals surface area contributed by atoms with Crippen LogP contribution in [0.5, 0.6) is 0 Å². The summed E-state index contributed by atoms with van der Waals surface area (Å²) < 4.78 is 12.2. The zero-order valence-electron chi connectivity index (χ0n) is 18.7. The van der Waals surface area contributed by atoms with E-state index in [4.69, 9.17) is 14.4 Å².